The van der Waals surface area contributed by atoms with Crippen molar-refractivity contribution >= 4 is 11.0 Å². The number of nitrogens with zero attached hydrogens (tertiary/aromatic N) is 10. The van der Waals surface area contributed by atoms with E-state index in [0.717, 1.165) is 54.3 Å². The molecule has 6 heterocycles. The Balaban J connectivity index is 0.994. The van der Waals surface area contributed by atoms with Crippen LogP contribution >= 0.6 is 0 Å². The lowest BCUT2D eigenvalue weighted by atomic mass is 9.69. The van der Waals surface area contributed by atoms with Gasteiger partial charge in [-0.1, -0.05) is 0 Å². The van der Waals surface area contributed by atoms with Gasteiger partial charge in [0, 0.05) is 48.5 Å². The van der Waals surface area contributed by atoms with E-state index in [1.54, 1.807) is 16.8 Å². The topological polar surface area (TPSA) is 139 Å². The lowest BCUT2D eigenvalue weighted by Crippen LogP contribution is -2.58. The number of halogens is 3. The smallest absolute Gasteiger partial charge is 0.433 e. The number of hydrogen-bond donors (Lipinski definition) is 1. The Kier molecular flexibility index (Phi) is 7.00. The number of rotatable bonds is 8. The van der Waals surface area contributed by atoms with Gasteiger partial charge < -0.3 is 14.3 Å². The van der Waals surface area contributed by atoms with E-state index in [9.17, 15) is 18.4 Å². The minimum absolute atomic E-state index is 0.0341. The minimum Gasteiger partial charge on any atom is -0.474 e. The van der Waals surface area contributed by atoms with E-state index in [-0.39, 0.29) is 24.6 Å². The fourth-order valence-corrected chi connectivity index (χ4v) is 6.34. The molecule has 0 bridgehead atoms. The van der Waals surface area contributed by atoms with Crippen molar-refractivity contribution in [2.45, 2.75) is 62.5 Å². The molecule has 1 aliphatic carbocycles. The maximum atomic E-state index is 13.6. The average Bonchev–Trinajstić information content (AvgIpc) is 3.77. The maximum absolute atomic E-state index is 13.6. The Morgan fingerprint density at radius 1 is 1.11 bits per heavy atom. The van der Waals surface area contributed by atoms with E-state index in [1.165, 1.54) is 19.0 Å². The van der Waals surface area contributed by atoms with Gasteiger partial charge >= 0.3 is 6.18 Å². The zero-order valence-electron chi connectivity index (χ0n) is 23.5. The number of alkyl halides is 3. The van der Waals surface area contributed by atoms with Crippen LogP contribution in [0, 0.1) is 11.3 Å². The Hall–Kier alpha value is -4.84. The number of nitrogens with one attached hydrogen (secondary N) is 1. The van der Waals surface area contributed by atoms with Crippen molar-refractivity contribution in [1.29, 1.82) is 5.26 Å². The van der Waals surface area contributed by atoms with Crippen LogP contribution < -0.4 is 4.74 Å². The van der Waals surface area contributed by atoms with Crippen molar-refractivity contribution in [1.82, 2.24) is 49.4 Å². The average molecular weight is 604 g/mol. The summed E-state index contributed by atoms with van der Waals surface area (Å²) >= 11 is 0. The monoisotopic (exact) mass is 603 g/mol. The molecule has 15 heteroatoms. The fraction of sp³-hybridized carbons (Fsp3) is 0.414. The summed E-state index contributed by atoms with van der Waals surface area (Å²) in [4.78, 5) is 18.0. The summed E-state index contributed by atoms with van der Waals surface area (Å²) in [6.07, 6.45) is 8.34. The maximum Gasteiger partial charge on any atom is 0.433 e. The minimum atomic E-state index is -4.59. The fourth-order valence-electron chi connectivity index (χ4n) is 6.34. The van der Waals surface area contributed by atoms with E-state index in [0.29, 0.717) is 24.8 Å². The van der Waals surface area contributed by atoms with Gasteiger partial charge in [-0.05, 0) is 43.4 Å². The van der Waals surface area contributed by atoms with Crippen LogP contribution in [0.15, 0.2) is 55.8 Å². The molecule has 0 radical (unpaired) electrons. The number of pyridine rings is 1. The predicted molar refractivity (Wildman–Crippen MR) is 150 cm³/mol. The number of likely N-dealkylation sites (tertiary alicyclic amines) is 1. The van der Waals surface area contributed by atoms with Crippen LogP contribution in [0.5, 0.6) is 5.88 Å². The highest BCUT2D eigenvalue weighted by Crippen LogP contribution is 2.45. The van der Waals surface area contributed by atoms with Crippen molar-refractivity contribution in [3.8, 4) is 23.2 Å². The molecule has 0 aromatic carbocycles. The van der Waals surface area contributed by atoms with Crippen molar-refractivity contribution in [3.05, 3.63) is 67.0 Å². The molecule has 1 saturated heterocycles. The summed E-state index contributed by atoms with van der Waals surface area (Å²) in [5.74, 6) is -0.0341. The van der Waals surface area contributed by atoms with Gasteiger partial charge in [-0.15, -0.1) is 10.2 Å². The Morgan fingerprint density at radius 2 is 1.91 bits per heavy atom. The van der Waals surface area contributed by atoms with Crippen LogP contribution in [0.1, 0.15) is 43.4 Å². The summed E-state index contributed by atoms with van der Waals surface area (Å²) in [5.41, 5.74) is 1.41. The molecule has 0 unspecified atom stereocenters. The Bertz CT molecular complexity index is 1790. The number of H-pyrrole nitrogens is 1. The molecule has 12 nitrogen and oxygen atoms in total. The molecule has 226 valence electrons. The first-order chi connectivity index (χ1) is 21.3. The first-order valence-corrected chi connectivity index (χ1v) is 14.3. The van der Waals surface area contributed by atoms with Gasteiger partial charge in [0.1, 0.15) is 36.4 Å². The number of nitriles is 1. The predicted octanol–water partition coefficient (Wildman–Crippen LogP) is 4.19. The SMILES string of the molecule is N#CC[C@]1(n2cc(-c3ncnc4[nH]ccc34)cn2)C[C@@H](N2CCC(Oc3cc(Cn4cnnc4)cc(C(F)(F)F)n3)CC2)C1. The standard InChI is InChI=1S/C29H28F3N11O/c30-29(31,32)24-9-19(14-41-17-37-38-18-41)10-25(40-24)44-22-2-7-42(8-3-22)21-11-28(12-21,4-5-33)43-15-20(13-39-43)26-23-1-6-34-27(23)36-16-35-26/h1,6,9-10,13,15-18,21-22H,2-4,7-8,11-12,14H2,(H,34,35,36)/t21-,28+. The molecule has 0 spiro atoms. The molecule has 5 aromatic heterocycles. The van der Waals surface area contributed by atoms with Crippen LogP contribution in [-0.2, 0) is 18.3 Å². The molecule has 1 saturated carbocycles. The number of ether oxygens (including phenoxy) is 1. The number of aromatic amines is 1. The molecule has 2 fully saturated rings. The number of fused-ring (bicyclic) bond motifs is 1. The number of aromatic nitrogens is 9. The molecule has 2 aliphatic rings. The second kappa shape index (κ2) is 11.0. The summed E-state index contributed by atoms with van der Waals surface area (Å²) in [6, 6.07) is 7.12. The first-order valence-electron chi connectivity index (χ1n) is 14.3. The van der Waals surface area contributed by atoms with Crippen LogP contribution in [0.3, 0.4) is 0 Å². The van der Waals surface area contributed by atoms with Gasteiger partial charge in [0.2, 0.25) is 5.88 Å². The summed E-state index contributed by atoms with van der Waals surface area (Å²) in [7, 11) is 0. The molecule has 1 N–H and O–H groups in total. The Labute approximate surface area is 249 Å². The summed E-state index contributed by atoms with van der Waals surface area (Å²) in [5, 5.41) is 22.6. The third-order valence-corrected chi connectivity index (χ3v) is 8.60. The Morgan fingerprint density at radius 3 is 2.66 bits per heavy atom. The quantitative estimate of drug-likeness (QED) is 0.277. The van der Waals surface area contributed by atoms with Gasteiger partial charge in [-0.25, -0.2) is 15.0 Å². The van der Waals surface area contributed by atoms with Gasteiger partial charge in [0.15, 0.2) is 0 Å². The molecular formula is C29H28F3N11O. The third-order valence-electron chi connectivity index (χ3n) is 8.60. The lowest BCUT2D eigenvalue weighted by molar-refractivity contribution is -0.141. The molecule has 44 heavy (non-hydrogen) atoms. The van der Waals surface area contributed by atoms with Gasteiger partial charge in [-0.3, -0.25) is 9.58 Å². The van der Waals surface area contributed by atoms with Crippen LogP contribution in [-0.4, -0.2) is 74.6 Å². The molecule has 5 aromatic rings. The highest BCUT2D eigenvalue weighted by atomic mass is 19.4. The van der Waals surface area contributed by atoms with Crippen LogP contribution in [0.25, 0.3) is 22.3 Å². The number of hydrogen-bond acceptors (Lipinski definition) is 9. The van der Waals surface area contributed by atoms with Gasteiger partial charge in [0.25, 0.3) is 0 Å². The zero-order chi connectivity index (χ0) is 30.3. The molecule has 0 atom stereocenters. The van der Waals surface area contributed by atoms with Gasteiger partial charge in [0.05, 0.1) is 36.5 Å². The van der Waals surface area contributed by atoms with E-state index >= 15 is 0 Å². The molecular weight excluding hydrogens is 575 g/mol. The van der Waals surface area contributed by atoms with E-state index in [4.69, 9.17) is 4.74 Å². The molecule has 7 rings (SSSR count). The van der Waals surface area contributed by atoms with Crippen molar-refractivity contribution in [2.24, 2.45) is 0 Å². The molecule has 0 amide bonds. The van der Waals surface area contributed by atoms with Crippen molar-refractivity contribution in [3.63, 3.8) is 0 Å². The lowest BCUT2D eigenvalue weighted by Gasteiger charge is -2.52. The van der Waals surface area contributed by atoms with E-state index in [1.807, 2.05) is 23.1 Å². The second-order valence-corrected chi connectivity index (χ2v) is 11.4. The van der Waals surface area contributed by atoms with Gasteiger partial charge in [-0.2, -0.15) is 23.5 Å². The van der Waals surface area contributed by atoms with Crippen LogP contribution in [0.2, 0.25) is 0 Å². The summed E-state index contributed by atoms with van der Waals surface area (Å²) in [6.45, 7) is 1.65. The largest absolute Gasteiger partial charge is 0.474 e. The first kappa shape index (κ1) is 28.0. The second-order valence-electron chi connectivity index (χ2n) is 11.4. The van der Waals surface area contributed by atoms with Crippen LogP contribution in [0.4, 0.5) is 13.2 Å². The van der Waals surface area contributed by atoms with Crippen molar-refractivity contribution < 1.29 is 17.9 Å². The highest BCUT2D eigenvalue weighted by Gasteiger charge is 2.49. The van der Waals surface area contributed by atoms with E-state index in [2.05, 4.69) is 46.2 Å². The summed E-state index contributed by atoms with van der Waals surface area (Å²) < 4.78 is 50.2. The normalized spacial score (nSPS) is 21.3. The number of piperidine rings is 1. The third kappa shape index (κ3) is 5.37. The molecule has 1 aliphatic heterocycles. The van der Waals surface area contributed by atoms with Crippen molar-refractivity contribution in [2.75, 3.05) is 13.1 Å². The van der Waals surface area contributed by atoms with E-state index < -0.39 is 17.4 Å². The highest BCUT2D eigenvalue weighted by molar-refractivity contribution is 5.90. The zero-order valence-corrected chi connectivity index (χ0v) is 23.5.